The Morgan fingerprint density at radius 3 is 2.87 bits per heavy atom. The van der Waals surface area contributed by atoms with Crippen molar-refractivity contribution >= 4 is 11.3 Å². The van der Waals surface area contributed by atoms with Crippen molar-refractivity contribution in [1.29, 1.82) is 0 Å². The number of rotatable bonds is 2. The molecule has 1 fully saturated rings. The number of hydrogen-bond acceptors (Lipinski definition) is 3. The molecule has 2 rings (SSSR count). The molecule has 1 N–H and O–H groups in total. The number of aromatic nitrogens is 1. The van der Waals surface area contributed by atoms with E-state index in [9.17, 15) is 0 Å². The molecule has 1 aliphatic rings. The van der Waals surface area contributed by atoms with Crippen molar-refractivity contribution in [2.75, 3.05) is 7.05 Å². The lowest BCUT2D eigenvalue weighted by Crippen LogP contribution is -2.48. The highest BCUT2D eigenvalue weighted by atomic mass is 32.1. The zero-order valence-electron chi connectivity index (χ0n) is 9.79. The smallest absolute Gasteiger partial charge is 0.113 e. The van der Waals surface area contributed by atoms with Crippen LogP contribution in [0.15, 0.2) is 11.6 Å². The van der Waals surface area contributed by atoms with Gasteiger partial charge in [-0.05, 0) is 38.1 Å². The maximum Gasteiger partial charge on any atom is 0.113 e. The number of nitrogens with one attached hydrogen (secondary N) is 1. The third-order valence-electron chi connectivity index (χ3n) is 3.89. The van der Waals surface area contributed by atoms with E-state index < -0.39 is 0 Å². The van der Waals surface area contributed by atoms with Crippen LogP contribution in [0.5, 0.6) is 0 Å². The lowest BCUT2D eigenvalue weighted by Gasteiger charge is -2.43. The first kappa shape index (κ1) is 11.1. The molecule has 1 heterocycles. The van der Waals surface area contributed by atoms with Crippen LogP contribution in [-0.2, 0) is 5.54 Å². The van der Waals surface area contributed by atoms with E-state index >= 15 is 0 Å². The highest BCUT2D eigenvalue weighted by Crippen LogP contribution is 2.43. The average molecular weight is 224 g/mol. The molecule has 0 spiro atoms. The summed E-state index contributed by atoms with van der Waals surface area (Å²) >= 11 is 1.78. The Kier molecular flexibility index (Phi) is 3.12. The number of nitrogens with zero attached hydrogens (tertiary/aromatic N) is 1. The summed E-state index contributed by atoms with van der Waals surface area (Å²) in [5.74, 6) is 1.54. The molecule has 1 saturated carbocycles. The molecular weight excluding hydrogens is 204 g/mol. The van der Waals surface area contributed by atoms with E-state index in [0.717, 1.165) is 5.92 Å². The summed E-state index contributed by atoms with van der Waals surface area (Å²) < 4.78 is 0. The first-order valence-electron chi connectivity index (χ1n) is 5.78. The highest BCUT2D eigenvalue weighted by Gasteiger charge is 2.42. The third kappa shape index (κ3) is 1.83. The van der Waals surface area contributed by atoms with E-state index in [1.807, 2.05) is 6.20 Å². The summed E-state index contributed by atoms with van der Waals surface area (Å²) in [4.78, 5) is 4.51. The first-order chi connectivity index (χ1) is 7.19. The maximum atomic E-state index is 4.51. The van der Waals surface area contributed by atoms with Crippen LogP contribution in [0.4, 0.5) is 0 Å². The fourth-order valence-corrected chi connectivity index (χ4v) is 3.87. The third-order valence-corrected chi connectivity index (χ3v) is 4.84. The summed E-state index contributed by atoms with van der Waals surface area (Å²) in [5, 5.41) is 6.89. The summed E-state index contributed by atoms with van der Waals surface area (Å²) in [7, 11) is 2.08. The standard InChI is InChI=1S/C12H20N2S/c1-9-4-5-12(13-3,10(2)8-9)11-14-6-7-15-11/h6-7,9-10,13H,4-5,8H2,1-3H3. The fraction of sp³-hybridized carbons (Fsp3) is 0.750. The molecule has 0 radical (unpaired) electrons. The summed E-state index contributed by atoms with van der Waals surface area (Å²) in [6.45, 7) is 4.71. The van der Waals surface area contributed by atoms with Crippen LogP contribution >= 0.6 is 11.3 Å². The minimum Gasteiger partial charge on any atom is -0.308 e. The molecule has 0 aliphatic heterocycles. The molecule has 0 amide bonds. The second-order valence-electron chi connectivity index (χ2n) is 4.84. The Bertz CT molecular complexity index is 309. The van der Waals surface area contributed by atoms with E-state index in [1.54, 1.807) is 11.3 Å². The van der Waals surface area contributed by atoms with E-state index in [1.165, 1.54) is 24.3 Å². The molecule has 15 heavy (non-hydrogen) atoms. The summed E-state index contributed by atoms with van der Waals surface area (Å²) in [6.07, 6.45) is 5.76. The van der Waals surface area contributed by atoms with Crippen LogP contribution in [0.3, 0.4) is 0 Å². The number of thiazole rings is 1. The van der Waals surface area contributed by atoms with Gasteiger partial charge in [-0.3, -0.25) is 0 Å². The van der Waals surface area contributed by atoms with Crippen LogP contribution in [0.1, 0.15) is 38.1 Å². The summed E-state index contributed by atoms with van der Waals surface area (Å²) in [6, 6.07) is 0. The largest absolute Gasteiger partial charge is 0.308 e. The molecule has 2 nitrogen and oxygen atoms in total. The molecule has 3 unspecified atom stereocenters. The predicted octanol–water partition coefficient (Wildman–Crippen LogP) is 3.01. The van der Waals surface area contributed by atoms with Crippen molar-refractivity contribution < 1.29 is 0 Å². The zero-order valence-corrected chi connectivity index (χ0v) is 10.6. The van der Waals surface area contributed by atoms with Gasteiger partial charge in [0.25, 0.3) is 0 Å². The van der Waals surface area contributed by atoms with E-state index in [0.29, 0.717) is 5.92 Å². The molecule has 1 aliphatic carbocycles. The predicted molar refractivity (Wildman–Crippen MR) is 65.0 cm³/mol. The van der Waals surface area contributed by atoms with Gasteiger partial charge in [-0.1, -0.05) is 13.8 Å². The van der Waals surface area contributed by atoms with Crippen molar-refractivity contribution in [2.24, 2.45) is 11.8 Å². The van der Waals surface area contributed by atoms with Crippen LogP contribution < -0.4 is 5.32 Å². The van der Waals surface area contributed by atoms with Gasteiger partial charge in [-0.25, -0.2) is 4.98 Å². The second-order valence-corrected chi connectivity index (χ2v) is 5.73. The van der Waals surface area contributed by atoms with Gasteiger partial charge in [0.05, 0.1) is 5.54 Å². The van der Waals surface area contributed by atoms with Crippen molar-refractivity contribution in [3.05, 3.63) is 16.6 Å². The summed E-state index contributed by atoms with van der Waals surface area (Å²) in [5.41, 5.74) is 0.140. The maximum absolute atomic E-state index is 4.51. The van der Waals surface area contributed by atoms with Crippen molar-refractivity contribution in [3.63, 3.8) is 0 Å². The highest BCUT2D eigenvalue weighted by molar-refractivity contribution is 7.09. The minimum absolute atomic E-state index is 0.140. The molecule has 0 saturated heterocycles. The van der Waals surface area contributed by atoms with Gasteiger partial charge in [0.1, 0.15) is 5.01 Å². The van der Waals surface area contributed by atoms with Crippen molar-refractivity contribution in [3.8, 4) is 0 Å². The van der Waals surface area contributed by atoms with Crippen LogP contribution in [0.2, 0.25) is 0 Å². The van der Waals surface area contributed by atoms with Gasteiger partial charge < -0.3 is 5.32 Å². The fourth-order valence-electron chi connectivity index (χ4n) is 2.88. The Hall–Kier alpha value is -0.410. The monoisotopic (exact) mass is 224 g/mol. The topological polar surface area (TPSA) is 24.9 Å². The Morgan fingerprint density at radius 1 is 1.53 bits per heavy atom. The lowest BCUT2D eigenvalue weighted by atomic mass is 9.70. The quantitative estimate of drug-likeness (QED) is 0.835. The van der Waals surface area contributed by atoms with E-state index in [2.05, 4.69) is 36.6 Å². The molecule has 1 aromatic rings. The molecule has 3 atom stereocenters. The number of hydrogen-bond donors (Lipinski definition) is 1. The van der Waals surface area contributed by atoms with Crippen LogP contribution in [-0.4, -0.2) is 12.0 Å². The first-order valence-corrected chi connectivity index (χ1v) is 6.66. The van der Waals surface area contributed by atoms with Crippen LogP contribution in [0, 0.1) is 11.8 Å². The Balaban J connectivity index is 2.29. The van der Waals surface area contributed by atoms with Gasteiger partial charge in [0.15, 0.2) is 0 Å². The molecule has 3 heteroatoms. The van der Waals surface area contributed by atoms with E-state index in [-0.39, 0.29) is 5.54 Å². The Morgan fingerprint density at radius 2 is 2.33 bits per heavy atom. The molecule has 0 aromatic carbocycles. The molecule has 84 valence electrons. The van der Waals surface area contributed by atoms with E-state index in [4.69, 9.17) is 0 Å². The second kappa shape index (κ2) is 4.22. The molecular formula is C12H20N2S. The minimum atomic E-state index is 0.140. The molecule has 1 aromatic heterocycles. The van der Waals surface area contributed by atoms with Gasteiger partial charge in [-0.2, -0.15) is 0 Å². The zero-order chi connectivity index (χ0) is 10.9. The van der Waals surface area contributed by atoms with Gasteiger partial charge >= 0.3 is 0 Å². The van der Waals surface area contributed by atoms with Crippen molar-refractivity contribution in [2.45, 2.75) is 38.6 Å². The average Bonchev–Trinajstić information content (AvgIpc) is 2.72. The van der Waals surface area contributed by atoms with Gasteiger partial charge in [-0.15, -0.1) is 11.3 Å². The lowest BCUT2D eigenvalue weighted by molar-refractivity contribution is 0.130. The van der Waals surface area contributed by atoms with Gasteiger partial charge in [0, 0.05) is 11.6 Å². The molecule has 0 bridgehead atoms. The van der Waals surface area contributed by atoms with Crippen molar-refractivity contribution in [1.82, 2.24) is 10.3 Å². The Labute approximate surface area is 96.1 Å². The van der Waals surface area contributed by atoms with Crippen LogP contribution in [0.25, 0.3) is 0 Å². The SMILES string of the molecule is CNC1(c2nccs2)CCC(C)CC1C. The van der Waals surface area contributed by atoms with Gasteiger partial charge in [0.2, 0.25) is 0 Å². The normalized spacial score (nSPS) is 36.7.